The van der Waals surface area contributed by atoms with E-state index in [2.05, 4.69) is 58.6 Å². The van der Waals surface area contributed by atoms with Crippen LogP contribution < -0.4 is 5.32 Å². The SMILES string of the molecule is CN1CCOCC1.O=C(O)[C@@H](Cc1c[nH]c2ccccc12)NC(c1ccccc1)(c1ccccc1)c1ccccc1. The molecule has 0 aliphatic carbocycles. The quantitative estimate of drug-likeness (QED) is 0.218. The maximum Gasteiger partial charge on any atom is 0.321 e. The van der Waals surface area contributed by atoms with E-state index < -0.39 is 17.6 Å². The molecule has 6 rings (SSSR count). The molecule has 0 bridgehead atoms. The molecule has 3 N–H and O–H groups in total. The Morgan fingerprint density at radius 3 is 1.78 bits per heavy atom. The first kappa shape index (κ1) is 28.3. The summed E-state index contributed by atoms with van der Waals surface area (Å²) in [7, 11) is 2.11. The van der Waals surface area contributed by atoms with Gasteiger partial charge in [-0.15, -0.1) is 0 Å². The Bertz CT molecular complexity index is 1420. The molecular formula is C35H37N3O3. The number of nitrogens with zero attached hydrogens (tertiary/aromatic N) is 1. The van der Waals surface area contributed by atoms with Crippen LogP contribution in [0.15, 0.2) is 121 Å². The van der Waals surface area contributed by atoms with Crippen LogP contribution in [0.2, 0.25) is 0 Å². The summed E-state index contributed by atoms with van der Waals surface area (Å²) in [6.45, 7) is 4.02. The second kappa shape index (κ2) is 13.4. The number of likely N-dealkylation sites (N-methyl/N-ethyl adjacent to an activating group) is 1. The Labute approximate surface area is 241 Å². The molecule has 4 aromatic carbocycles. The molecule has 210 valence electrons. The van der Waals surface area contributed by atoms with E-state index in [0.29, 0.717) is 6.42 Å². The predicted octanol–water partition coefficient (Wildman–Crippen LogP) is 5.69. The smallest absolute Gasteiger partial charge is 0.321 e. The predicted molar refractivity (Wildman–Crippen MR) is 164 cm³/mol. The van der Waals surface area contributed by atoms with E-state index in [1.54, 1.807) is 0 Å². The van der Waals surface area contributed by atoms with E-state index in [-0.39, 0.29) is 0 Å². The summed E-state index contributed by atoms with van der Waals surface area (Å²) >= 11 is 0. The highest BCUT2D eigenvalue weighted by Gasteiger charge is 2.40. The van der Waals surface area contributed by atoms with Crippen LogP contribution in [0.4, 0.5) is 0 Å². The highest BCUT2D eigenvalue weighted by Crippen LogP contribution is 2.37. The molecule has 0 unspecified atom stereocenters. The minimum atomic E-state index is -0.891. The van der Waals surface area contributed by atoms with Crippen molar-refractivity contribution in [3.8, 4) is 0 Å². The van der Waals surface area contributed by atoms with Crippen molar-refractivity contribution in [2.75, 3.05) is 33.4 Å². The lowest BCUT2D eigenvalue weighted by Gasteiger charge is -2.39. The molecule has 1 saturated heterocycles. The fourth-order valence-corrected chi connectivity index (χ4v) is 5.45. The molecule has 0 spiro atoms. The number of aliphatic carboxylic acids is 1. The number of benzene rings is 4. The number of para-hydroxylation sites is 1. The molecule has 1 aromatic heterocycles. The van der Waals surface area contributed by atoms with Crippen LogP contribution in [-0.4, -0.2) is 60.4 Å². The van der Waals surface area contributed by atoms with Crippen molar-refractivity contribution in [3.63, 3.8) is 0 Å². The fraction of sp³-hybridized carbons (Fsp3) is 0.229. The average Bonchev–Trinajstić information content (AvgIpc) is 3.44. The summed E-state index contributed by atoms with van der Waals surface area (Å²) in [4.78, 5) is 18.2. The number of aromatic amines is 1. The summed E-state index contributed by atoms with van der Waals surface area (Å²) in [5.74, 6) is -0.891. The van der Waals surface area contributed by atoms with Gasteiger partial charge >= 0.3 is 5.97 Å². The number of carboxylic acid groups (broad SMARTS) is 1. The molecule has 0 amide bonds. The molecule has 1 aliphatic heterocycles. The van der Waals surface area contributed by atoms with Crippen molar-refractivity contribution in [1.29, 1.82) is 0 Å². The van der Waals surface area contributed by atoms with Crippen molar-refractivity contribution in [2.45, 2.75) is 18.0 Å². The number of morpholine rings is 1. The van der Waals surface area contributed by atoms with Crippen molar-refractivity contribution < 1.29 is 14.6 Å². The number of H-pyrrole nitrogens is 1. The standard InChI is InChI=1S/C30H26N2O2.C5H11NO/c33-29(34)28(20-22-21-31-27-19-11-10-18-26(22)27)32-30(23-12-4-1-5-13-23,24-14-6-2-7-15-24)25-16-8-3-9-17-25;1-6-2-4-7-5-3-6/h1-19,21,28,31-32H,20H2,(H,33,34);2-5H2,1H3/t28-;/m1./s1. The normalized spacial score (nSPS) is 14.7. The van der Waals surface area contributed by atoms with Crippen LogP contribution in [0.1, 0.15) is 22.3 Å². The van der Waals surface area contributed by atoms with Gasteiger partial charge in [0.05, 0.1) is 18.8 Å². The van der Waals surface area contributed by atoms with Gasteiger partial charge in [-0.3, -0.25) is 10.1 Å². The fourth-order valence-electron chi connectivity index (χ4n) is 5.45. The second-order valence-electron chi connectivity index (χ2n) is 10.4. The van der Waals surface area contributed by atoms with Crippen LogP contribution in [0.25, 0.3) is 10.9 Å². The molecule has 2 heterocycles. The largest absolute Gasteiger partial charge is 0.480 e. The zero-order valence-corrected chi connectivity index (χ0v) is 23.4. The van der Waals surface area contributed by atoms with Gasteiger partial charge in [0.2, 0.25) is 0 Å². The van der Waals surface area contributed by atoms with E-state index in [1.165, 1.54) is 0 Å². The molecule has 1 aliphatic rings. The van der Waals surface area contributed by atoms with Gasteiger partial charge in [0.15, 0.2) is 0 Å². The lowest BCUT2D eigenvalue weighted by atomic mass is 9.76. The van der Waals surface area contributed by atoms with E-state index in [1.807, 2.05) is 85.1 Å². The molecule has 41 heavy (non-hydrogen) atoms. The van der Waals surface area contributed by atoms with E-state index in [0.717, 1.165) is 59.5 Å². The molecule has 6 nitrogen and oxygen atoms in total. The zero-order valence-electron chi connectivity index (χ0n) is 23.4. The molecule has 0 radical (unpaired) electrons. The number of aromatic nitrogens is 1. The van der Waals surface area contributed by atoms with Gasteiger partial charge in [-0.2, -0.15) is 0 Å². The molecule has 6 heteroatoms. The van der Waals surface area contributed by atoms with Crippen LogP contribution in [0, 0.1) is 0 Å². The van der Waals surface area contributed by atoms with E-state index in [9.17, 15) is 9.90 Å². The molecule has 0 saturated carbocycles. The summed E-state index contributed by atoms with van der Waals surface area (Å²) in [5, 5.41) is 15.0. The summed E-state index contributed by atoms with van der Waals surface area (Å²) in [6, 6.07) is 37.4. The number of hydrogen-bond acceptors (Lipinski definition) is 4. The first-order valence-corrected chi connectivity index (χ1v) is 14.1. The Balaban J connectivity index is 0.000000423. The first-order chi connectivity index (χ1) is 20.1. The number of fused-ring (bicyclic) bond motifs is 1. The van der Waals surface area contributed by atoms with Gasteiger partial charge in [-0.1, -0.05) is 109 Å². The third-order valence-corrected chi connectivity index (χ3v) is 7.64. The molecule has 1 atom stereocenters. The van der Waals surface area contributed by atoms with Crippen molar-refractivity contribution in [1.82, 2.24) is 15.2 Å². The molecule has 5 aromatic rings. The minimum absolute atomic E-state index is 0.341. The molecular weight excluding hydrogens is 510 g/mol. The van der Waals surface area contributed by atoms with Gasteiger partial charge in [0.1, 0.15) is 6.04 Å². The lowest BCUT2D eigenvalue weighted by molar-refractivity contribution is -0.139. The number of carboxylic acids is 1. The number of carbonyl (C=O) groups is 1. The van der Waals surface area contributed by atoms with Gasteiger partial charge in [-0.05, 0) is 35.4 Å². The summed E-state index contributed by atoms with van der Waals surface area (Å²) in [5.41, 5.74) is 4.08. The summed E-state index contributed by atoms with van der Waals surface area (Å²) < 4.78 is 5.10. The van der Waals surface area contributed by atoms with Gasteiger partial charge in [0, 0.05) is 36.6 Å². The van der Waals surface area contributed by atoms with Gasteiger partial charge in [0.25, 0.3) is 0 Å². The van der Waals surface area contributed by atoms with Crippen LogP contribution in [0.5, 0.6) is 0 Å². The van der Waals surface area contributed by atoms with E-state index >= 15 is 0 Å². The number of rotatable bonds is 8. The van der Waals surface area contributed by atoms with Crippen molar-refractivity contribution >= 4 is 16.9 Å². The molecule has 1 fully saturated rings. The van der Waals surface area contributed by atoms with Crippen LogP contribution in [-0.2, 0) is 21.5 Å². The Hall–Kier alpha value is -4.23. The number of hydrogen-bond donors (Lipinski definition) is 3. The van der Waals surface area contributed by atoms with E-state index in [4.69, 9.17) is 4.74 Å². The third kappa shape index (κ3) is 6.57. The highest BCUT2D eigenvalue weighted by molar-refractivity contribution is 5.84. The topological polar surface area (TPSA) is 77.6 Å². The maximum atomic E-state index is 12.7. The number of nitrogens with one attached hydrogen (secondary N) is 2. The van der Waals surface area contributed by atoms with Crippen molar-refractivity contribution in [3.05, 3.63) is 144 Å². The Kier molecular flexibility index (Phi) is 9.26. The van der Waals surface area contributed by atoms with Crippen molar-refractivity contribution in [2.24, 2.45) is 0 Å². The second-order valence-corrected chi connectivity index (χ2v) is 10.4. The third-order valence-electron chi connectivity index (χ3n) is 7.64. The van der Waals surface area contributed by atoms with Gasteiger partial charge in [-0.25, -0.2) is 0 Å². The van der Waals surface area contributed by atoms with Crippen LogP contribution >= 0.6 is 0 Å². The number of ether oxygens (including phenoxy) is 1. The summed E-state index contributed by atoms with van der Waals surface area (Å²) in [6.07, 6.45) is 2.26. The maximum absolute atomic E-state index is 12.7. The Morgan fingerprint density at radius 1 is 0.829 bits per heavy atom. The van der Waals surface area contributed by atoms with Gasteiger partial charge < -0.3 is 19.7 Å². The minimum Gasteiger partial charge on any atom is -0.480 e. The first-order valence-electron chi connectivity index (χ1n) is 14.1. The lowest BCUT2D eigenvalue weighted by Crippen LogP contribution is -2.53. The highest BCUT2D eigenvalue weighted by atomic mass is 16.5. The zero-order chi connectivity index (χ0) is 28.5. The average molecular weight is 548 g/mol. The van der Waals surface area contributed by atoms with Crippen LogP contribution in [0.3, 0.4) is 0 Å². The monoisotopic (exact) mass is 547 g/mol. The Morgan fingerprint density at radius 2 is 1.32 bits per heavy atom.